The van der Waals surface area contributed by atoms with E-state index in [0.717, 1.165) is 38.9 Å². The molecule has 0 radical (unpaired) electrons. The van der Waals surface area contributed by atoms with Gasteiger partial charge in [-0.05, 0) is 39.2 Å². The molecule has 0 aliphatic heterocycles. The number of rotatable bonds is 5. The molecule has 80 valence electrons. The van der Waals surface area contributed by atoms with E-state index in [1.807, 2.05) is 14.0 Å². The summed E-state index contributed by atoms with van der Waals surface area (Å²) in [4.78, 5) is 0. The zero-order valence-electron chi connectivity index (χ0n) is 9.18. The number of nitrogens with zero attached hydrogens (tertiary/aromatic N) is 1. The minimum absolute atomic E-state index is 0.281. The van der Waals surface area contributed by atoms with Crippen LogP contribution in [0.25, 0.3) is 0 Å². The van der Waals surface area contributed by atoms with E-state index in [-0.39, 0.29) is 5.54 Å². The maximum absolute atomic E-state index is 9.19. The van der Waals surface area contributed by atoms with Gasteiger partial charge < -0.3 is 10.1 Å². The van der Waals surface area contributed by atoms with Crippen LogP contribution in [-0.2, 0) is 4.74 Å². The van der Waals surface area contributed by atoms with Gasteiger partial charge >= 0.3 is 0 Å². The standard InChI is InChI=1S/C11H20N2O/c1-3-14-8-6-10-5-4-7-11(10,9-12)13-2/h10,13H,3-8H2,1-2H3. The highest BCUT2D eigenvalue weighted by Crippen LogP contribution is 2.37. The maximum atomic E-state index is 9.19. The first-order valence-corrected chi connectivity index (χ1v) is 5.47. The summed E-state index contributed by atoms with van der Waals surface area (Å²) < 4.78 is 5.34. The Morgan fingerprint density at radius 2 is 2.43 bits per heavy atom. The quantitative estimate of drug-likeness (QED) is 0.681. The molecule has 3 heteroatoms. The summed E-state index contributed by atoms with van der Waals surface area (Å²) in [6.07, 6.45) is 4.30. The number of ether oxygens (including phenoxy) is 1. The molecule has 1 aliphatic rings. The van der Waals surface area contributed by atoms with E-state index < -0.39 is 0 Å². The van der Waals surface area contributed by atoms with Gasteiger partial charge in [-0.25, -0.2) is 0 Å². The summed E-state index contributed by atoms with van der Waals surface area (Å²) in [5.41, 5.74) is -0.281. The second kappa shape index (κ2) is 5.33. The Hall–Kier alpha value is -0.590. The van der Waals surface area contributed by atoms with E-state index in [9.17, 15) is 5.26 Å². The molecule has 1 fully saturated rings. The Kier molecular flexibility index (Phi) is 4.37. The summed E-state index contributed by atoms with van der Waals surface area (Å²) >= 11 is 0. The van der Waals surface area contributed by atoms with Gasteiger partial charge in [-0.1, -0.05) is 6.42 Å². The summed E-state index contributed by atoms with van der Waals surface area (Å²) in [5, 5.41) is 12.4. The Balaban J connectivity index is 2.46. The molecule has 1 rings (SSSR count). The van der Waals surface area contributed by atoms with Crippen LogP contribution in [0.4, 0.5) is 0 Å². The average molecular weight is 196 g/mol. The first-order valence-electron chi connectivity index (χ1n) is 5.47. The van der Waals surface area contributed by atoms with Crippen LogP contribution in [0.5, 0.6) is 0 Å². The molecule has 1 N–H and O–H groups in total. The molecule has 0 heterocycles. The van der Waals surface area contributed by atoms with Gasteiger partial charge in [0.05, 0.1) is 6.07 Å². The van der Waals surface area contributed by atoms with E-state index in [2.05, 4.69) is 11.4 Å². The topological polar surface area (TPSA) is 45.0 Å². The summed E-state index contributed by atoms with van der Waals surface area (Å²) in [6.45, 7) is 3.56. The lowest BCUT2D eigenvalue weighted by Crippen LogP contribution is -2.45. The number of hydrogen-bond acceptors (Lipinski definition) is 3. The van der Waals surface area contributed by atoms with Crippen LogP contribution in [0.1, 0.15) is 32.6 Å². The van der Waals surface area contributed by atoms with Gasteiger partial charge in [-0.2, -0.15) is 5.26 Å². The summed E-state index contributed by atoms with van der Waals surface area (Å²) in [6, 6.07) is 2.44. The fraction of sp³-hybridized carbons (Fsp3) is 0.909. The first kappa shape index (κ1) is 11.5. The molecule has 0 aromatic heterocycles. The third-order valence-electron chi connectivity index (χ3n) is 3.28. The van der Waals surface area contributed by atoms with Crippen LogP contribution in [-0.4, -0.2) is 25.8 Å². The molecule has 1 saturated carbocycles. The highest BCUT2D eigenvalue weighted by Gasteiger charge is 2.41. The van der Waals surface area contributed by atoms with E-state index in [1.54, 1.807) is 0 Å². The van der Waals surface area contributed by atoms with Crippen molar-refractivity contribution in [2.45, 2.75) is 38.1 Å². The molecule has 2 atom stereocenters. The lowest BCUT2D eigenvalue weighted by atomic mass is 9.86. The molecule has 0 saturated heterocycles. The molecule has 14 heavy (non-hydrogen) atoms. The molecule has 0 aromatic rings. The SMILES string of the molecule is CCOCCC1CCCC1(C#N)NC. The van der Waals surface area contributed by atoms with Gasteiger partial charge in [-0.3, -0.25) is 0 Å². The predicted octanol–water partition coefficient (Wildman–Crippen LogP) is 1.69. The van der Waals surface area contributed by atoms with Crippen LogP contribution in [0, 0.1) is 17.2 Å². The lowest BCUT2D eigenvalue weighted by molar-refractivity contribution is 0.123. The fourth-order valence-corrected chi connectivity index (χ4v) is 2.37. The minimum Gasteiger partial charge on any atom is -0.382 e. The summed E-state index contributed by atoms with van der Waals surface area (Å²) in [5.74, 6) is 0.462. The Bertz CT molecular complexity index is 212. The maximum Gasteiger partial charge on any atom is 0.109 e. The van der Waals surface area contributed by atoms with E-state index in [0.29, 0.717) is 5.92 Å². The molecule has 2 unspecified atom stereocenters. The molecule has 1 aliphatic carbocycles. The molecular formula is C11H20N2O. The predicted molar refractivity (Wildman–Crippen MR) is 55.9 cm³/mol. The van der Waals surface area contributed by atoms with Crippen molar-refractivity contribution >= 4 is 0 Å². The third kappa shape index (κ3) is 2.26. The van der Waals surface area contributed by atoms with Gasteiger partial charge in [0.25, 0.3) is 0 Å². The van der Waals surface area contributed by atoms with Crippen molar-refractivity contribution in [1.29, 1.82) is 5.26 Å². The minimum atomic E-state index is -0.281. The molecule has 0 bridgehead atoms. The summed E-state index contributed by atoms with van der Waals surface area (Å²) in [7, 11) is 1.89. The van der Waals surface area contributed by atoms with Crippen molar-refractivity contribution in [1.82, 2.24) is 5.32 Å². The van der Waals surface area contributed by atoms with Crippen molar-refractivity contribution in [3.05, 3.63) is 0 Å². The van der Waals surface area contributed by atoms with E-state index >= 15 is 0 Å². The Morgan fingerprint density at radius 1 is 1.64 bits per heavy atom. The van der Waals surface area contributed by atoms with Crippen LogP contribution < -0.4 is 5.32 Å². The number of hydrogen-bond donors (Lipinski definition) is 1. The molecular weight excluding hydrogens is 176 g/mol. The number of nitriles is 1. The monoisotopic (exact) mass is 196 g/mol. The lowest BCUT2D eigenvalue weighted by Gasteiger charge is -2.28. The zero-order chi connectivity index (χ0) is 10.4. The van der Waals surface area contributed by atoms with Crippen molar-refractivity contribution < 1.29 is 4.74 Å². The normalized spacial score (nSPS) is 31.6. The number of nitrogens with one attached hydrogen (secondary N) is 1. The first-order chi connectivity index (χ1) is 6.79. The highest BCUT2D eigenvalue weighted by molar-refractivity contribution is 5.13. The van der Waals surface area contributed by atoms with E-state index in [1.165, 1.54) is 0 Å². The van der Waals surface area contributed by atoms with Crippen molar-refractivity contribution in [2.24, 2.45) is 5.92 Å². The Labute approximate surface area is 86.4 Å². The van der Waals surface area contributed by atoms with E-state index in [4.69, 9.17) is 4.74 Å². The largest absolute Gasteiger partial charge is 0.382 e. The molecule has 0 spiro atoms. The van der Waals surface area contributed by atoms with Crippen LogP contribution >= 0.6 is 0 Å². The van der Waals surface area contributed by atoms with Crippen molar-refractivity contribution in [3.63, 3.8) is 0 Å². The second-order valence-corrected chi connectivity index (χ2v) is 3.91. The van der Waals surface area contributed by atoms with Gasteiger partial charge in [0.15, 0.2) is 0 Å². The van der Waals surface area contributed by atoms with Gasteiger partial charge in [0, 0.05) is 13.2 Å². The Morgan fingerprint density at radius 3 is 3.00 bits per heavy atom. The smallest absolute Gasteiger partial charge is 0.109 e. The van der Waals surface area contributed by atoms with Crippen LogP contribution in [0.3, 0.4) is 0 Å². The average Bonchev–Trinajstić information content (AvgIpc) is 2.62. The van der Waals surface area contributed by atoms with Gasteiger partial charge in [-0.15, -0.1) is 0 Å². The molecule has 0 amide bonds. The van der Waals surface area contributed by atoms with Crippen LogP contribution in [0.15, 0.2) is 0 Å². The third-order valence-corrected chi connectivity index (χ3v) is 3.28. The fourth-order valence-electron chi connectivity index (χ4n) is 2.37. The highest BCUT2D eigenvalue weighted by atomic mass is 16.5. The van der Waals surface area contributed by atoms with Gasteiger partial charge in [0.2, 0.25) is 0 Å². The van der Waals surface area contributed by atoms with Crippen molar-refractivity contribution in [3.8, 4) is 6.07 Å². The van der Waals surface area contributed by atoms with Crippen molar-refractivity contribution in [2.75, 3.05) is 20.3 Å². The second-order valence-electron chi connectivity index (χ2n) is 3.91. The molecule has 0 aromatic carbocycles. The van der Waals surface area contributed by atoms with Crippen LogP contribution in [0.2, 0.25) is 0 Å². The van der Waals surface area contributed by atoms with Gasteiger partial charge in [0.1, 0.15) is 5.54 Å². The zero-order valence-corrected chi connectivity index (χ0v) is 9.18. The molecule has 3 nitrogen and oxygen atoms in total.